The summed E-state index contributed by atoms with van der Waals surface area (Å²) >= 11 is 0. The Balaban J connectivity index is 1.90. The standard InChI is InChI=1S/C16H19FN2/c1-12-2-4-15(17)10-14(12)11-16(18)5-3-13-6-8-19-9-7-13/h2,4,6-10,16H,3,5,11,18H2,1H3. The number of halogens is 1. The summed E-state index contributed by atoms with van der Waals surface area (Å²) in [5, 5.41) is 0. The van der Waals surface area contributed by atoms with Crippen LogP contribution in [0.4, 0.5) is 4.39 Å². The summed E-state index contributed by atoms with van der Waals surface area (Å²) in [5.74, 6) is -0.193. The average Bonchev–Trinajstić information content (AvgIpc) is 2.42. The van der Waals surface area contributed by atoms with Gasteiger partial charge in [-0.15, -0.1) is 0 Å². The minimum Gasteiger partial charge on any atom is -0.327 e. The fraction of sp³-hybridized carbons (Fsp3) is 0.312. The number of nitrogens with two attached hydrogens (primary N) is 1. The molecule has 3 heteroatoms. The maximum Gasteiger partial charge on any atom is 0.123 e. The quantitative estimate of drug-likeness (QED) is 0.895. The van der Waals surface area contributed by atoms with E-state index in [2.05, 4.69) is 4.98 Å². The molecule has 0 saturated carbocycles. The van der Waals surface area contributed by atoms with Crippen LogP contribution in [-0.2, 0) is 12.8 Å². The fourth-order valence-electron chi connectivity index (χ4n) is 2.15. The van der Waals surface area contributed by atoms with Gasteiger partial charge in [-0.05, 0) is 67.1 Å². The molecule has 1 atom stereocenters. The van der Waals surface area contributed by atoms with Crippen LogP contribution in [0.15, 0.2) is 42.7 Å². The maximum atomic E-state index is 13.2. The summed E-state index contributed by atoms with van der Waals surface area (Å²) in [6.07, 6.45) is 6.11. The van der Waals surface area contributed by atoms with Crippen molar-refractivity contribution in [3.8, 4) is 0 Å². The first kappa shape index (κ1) is 13.7. The second kappa shape index (κ2) is 6.43. The Morgan fingerprint density at radius 3 is 2.68 bits per heavy atom. The molecule has 2 aromatic rings. The number of aryl methyl sites for hydroxylation is 2. The lowest BCUT2D eigenvalue weighted by atomic mass is 9.97. The van der Waals surface area contributed by atoms with E-state index in [0.29, 0.717) is 6.42 Å². The Labute approximate surface area is 113 Å². The summed E-state index contributed by atoms with van der Waals surface area (Å²) in [6.45, 7) is 1.99. The van der Waals surface area contributed by atoms with E-state index in [1.807, 2.05) is 19.1 Å². The highest BCUT2D eigenvalue weighted by atomic mass is 19.1. The number of rotatable bonds is 5. The van der Waals surface area contributed by atoms with Crippen molar-refractivity contribution in [3.63, 3.8) is 0 Å². The van der Waals surface area contributed by atoms with E-state index in [4.69, 9.17) is 5.73 Å². The largest absolute Gasteiger partial charge is 0.327 e. The molecule has 2 N–H and O–H groups in total. The van der Waals surface area contributed by atoms with Crippen LogP contribution in [0, 0.1) is 12.7 Å². The Hall–Kier alpha value is -1.74. The highest BCUT2D eigenvalue weighted by Gasteiger charge is 2.08. The number of pyridine rings is 1. The van der Waals surface area contributed by atoms with Gasteiger partial charge in [0.15, 0.2) is 0 Å². The van der Waals surface area contributed by atoms with Crippen molar-refractivity contribution < 1.29 is 4.39 Å². The van der Waals surface area contributed by atoms with Crippen molar-refractivity contribution in [1.29, 1.82) is 0 Å². The molecule has 19 heavy (non-hydrogen) atoms. The van der Waals surface area contributed by atoms with Crippen LogP contribution in [0.2, 0.25) is 0 Å². The molecule has 100 valence electrons. The lowest BCUT2D eigenvalue weighted by molar-refractivity contribution is 0.597. The monoisotopic (exact) mass is 258 g/mol. The van der Waals surface area contributed by atoms with Crippen LogP contribution >= 0.6 is 0 Å². The van der Waals surface area contributed by atoms with Crippen LogP contribution in [0.25, 0.3) is 0 Å². The SMILES string of the molecule is Cc1ccc(F)cc1CC(N)CCc1ccncc1. The van der Waals surface area contributed by atoms with Gasteiger partial charge in [0.2, 0.25) is 0 Å². The van der Waals surface area contributed by atoms with Crippen molar-refractivity contribution in [2.75, 3.05) is 0 Å². The molecule has 0 aliphatic carbocycles. The predicted molar refractivity (Wildman–Crippen MR) is 75.4 cm³/mol. The number of benzene rings is 1. The zero-order chi connectivity index (χ0) is 13.7. The number of aromatic nitrogens is 1. The van der Waals surface area contributed by atoms with Gasteiger partial charge in [0.1, 0.15) is 5.82 Å². The molecule has 1 heterocycles. The van der Waals surface area contributed by atoms with Crippen LogP contribution < -0.4 is 5.73 Å². The molecule has 0 saturated heterocycles. The van der Waals surface area contributed by atoms with E-state index >= 15 is 0 Å². The molecule has 2 rings (SSSR count). The molecule has 0 aliphatic rings. The van der Waals surface area contributed by atoms with Crippen molar-refractivity contribution >= 4 is 0 Å². The molecule has 2 nitrogen and oxygen atoms in total. The molecule has 1 unspecified atom stereocenters. The summed E-state index contributed by atoms with van der Waals surface area (Å²) in [6, 6.07) is 8.93. The zero-order valence-electron chi connectivity index (χ0n) is 11.1. The molecule has 1 aromatic carbocycles. The normalized spacial score (nSPS) is 12.4. The number of hydrogen-bond acceptors (Lipinski definition) is 2. The van der Waals surface area contributed by atoms with E-state index in [-0.39, 0.29) is 11.9 Å². The van der Waals surface area contributed by atoms with Crippen molar-refractivity contribution in [2.24, 2.45) is 5.73 Å². The lowest BCUT2D eigenvalue weighted by Crippen LogP contribution is -2.24. The Morgan fingerprint density at radius 2 is 1.95 bits per heavy atom. The van der Waals surface area contributed by atoms with E-state index in [9.17, 15) is 4.39 Å². The Bertz CT molecular complexity index is 526. The molecule has 0 fully saturated rings. The number of nitrogens with zero attached hydrogens (tertiary/aromatic N) is 1. The first-order valence-electron chi connectivity index (χ1n) is 6.54. The molecule has 0 spiro atoms. The fourth-order valence-corrected chi connectivity index (χ4v) is 2.15. The van der Waals surface area contributed by atoms with E-state index < -0.39 is 0 Å². The van der Waals surface area contributed by atoms with Gasteiger partial charge in [0, 0.05) is 18.4 Å². The van der Waals surface area contributed by atoms with Crippen LogP contribution in [-0.4, -0.2) is 11.0 Å². The third-order valence-electron chi connectivity index (χ3n) is 3.35. The van der Waals surface area contributed by atoms with E-state index in [0.717, 1.165) is 24.0 Å². The number of hydrogen-bond donors (Lipinski definition) is 1. The minimum absolute atomic E-state index is 0.0497. The molecule has 0 radical (unpaired) electrons. The smallest absolute Gasteiger partial charge is 0.123 e. The molecule has 1 aromatic heterocycles. The van der Waals surface area contributed by atoms with Crippen molar-refractivity contribution in [3.05, 3.63) is 65.2 Å². The first-order valence-corrected chi connectivity index (χ1v) is 6.54. The second-order valence-corrected chi connectivity index (χ2v) is 4.93. The zero-order valence-corrected chi connectivity index (χ0v) is 11.1. The first-order chi connectivity index (χ1) is 9.15. The minimum atomic E-state index is -0.193. The highest BCUT2D eigenvalue weighted by molar-refractivity contribution is 5.27. The third kappa shape index (κ3) is 4.14. The molecule has 0 bridgehead atoms. The Morgan fingerprint density at radius 1 is 1.21 bits per heavy atom. The van der Waals surface area contributed by atoms with Crippen LogP contribution in [0.5, 0.6) is 0 Å². The van der Waals surface area contributed by atoms with Crippen molar-refractivity contribution in [1.82, 2.24) is 4.98 Å². The predicted octanol–water partition coefficient (Wildman–Crippen LogP) is 3.03. The molecular formula is C16H19FN2. The van der Waals surface area contributed by atoms with Gasteiger partial charge >= 0.3 is 0 Å². The van der Waals surface area contributed by atoms with E-state index in [1.165, 1.54) is 11.6 Å². The van der Waals surface area contributed by atoms with Crippen LogP contribution in [0.1, 0.15) is 23.1 Å². The summed E-state index contributed by atoms with van der Waals surface area (Å²) in [4.78, 5) is 3.99. The molecular weight excluding hydrogens is 239 g/mol. The summed E-state index contributed by atoms with van der Waals surface area (Å²) in [5.41, 5.74) is 9.47. The molecule has 0 aliphatic heterocycles. The van der Waals surface area contributed by atoms with E-state index in [1.54, 1.807) is 24.5 Å². The average molecular weight is 258 g/mol. The topological polar surface area (TPSA) is 38.9 Å². The molecule has 0 amide bonds. The lowest BCUT2D eigenvalue weighted by Gasteiger charge is -2.13. The Kier molecular flexibility index (Phi) is 4.63. The van der Waals surface area contributed by atoms with Gasteiger partial charge in [-0.25, -0.2) is 4.39 Å². The highest BCUT2D eigenvalue weighted by Crippen LogP contribution is 2.14. The van der Waals surface area contributed by atoms with Gasteiger partial charge in [-0.1, -0.05) is 6.07 Å². The third-order valence-corrected chi connectivity index (χ3v) is 3.35. The van der Waals surface area contributed by atoms with Gasteiger partial charge in [0.05, 0.1) is 0 Å². The van der Waals surface area contributed by atoms with Gasteiger partial charge < -0.3 is 5.73 Å². The summed E-state index contributed by atoms with van der Waals surface area (Å²) < 4.78 is 13.2. The van der Waals surface area contributed by atoms with Crippen molar-refractivity contribution in [2.45, 2.75) is 32.2 Å². The van der Waals surface area contributed by atoms with Gasteiger partial charge in [-0.3, -0.25) is 4.98 Å². The second-order valence-electron chi connectivity index (χ2n) is 4.93. The van der Waals surface area contributed by atoms with Crippen LogP contribution in [0.3, 0.4) is 0 Å². The summed E-state index contributed by atoms with van der Waals surface area (Å²) in [7, 11) is 0. The van der Waals surface area contributed by atoms with Gasteiger partial charge in [-0.2, -0.15) is 0 Å². The maximum absolute atomic E-state index is 13.2. The van der Waals surface area contributed by atoms with Gasteiger partial charge in [0.25, 0.3) is 0 Å².